The lowest BCUT2D eigenvalue weighted by Gasteiger charge is -2.17. The zero-order chi connectivity index (χ0) is 20.0. The first-order valence-electron chi connectivity index (χ1n) is 8.41. The van der Waals surface area contributed by atoms with Gasteiger partial charge in [0.25, 0.3) is 0 Å². The zero-order valence-corrected chi connectivity index (χ0v) is 17.6. The van der Waals surface area contributed by atoms with E-state index in [9.17, 15) is 14.7 Å². The van der Waals surface area contributed by atoms with Crippen molar-refractivity contribution in [1.29, 1.82) is 0 Å². The minimum Gasteiger partial charge on any atom is -0.477 e. The van der Waals surface area contributed by atoms with Crippen molar-refractivity contribution in [3.8, 4) is 11.5 Å². The van der Waals surface area contributed by atoms with Crippen molar-refractivity contribution in [1.82, 2.24) is 5.32 Å². The van der Waals surface area contributed by atoms with Crippen LogP contribution < -0.4 is 10.1 Å². The number of ether oxygens (including phenoxy) is 1. The van der Waals surface area contributed by atoms with Crippen molar-refractivity contribution in [3.05, 3.63) is 63.4 Å². The van der Waals surface area contributed by atoms with Gasteiger partial charge in [-0.05, 0) is 63.9 Å². The third-order valence-corrected chi connectivity index (χ3v) is 4.34. The van der Waals surface area contributed by atoms with E-state index in [0.29, 0.717) is 11.3 Å². The van der Waals surface area contributed by atoms with Gasteiger partial charge < -0.3 is 15.2 Å². The van der Waals surface area contributed by atoms with E-state index in [2.05, 4.69) is 27.9 Å². The van der Waals surface area contributed by atoms with Crippen LogP contribution in [-0.2, 0) is 9.59 Å². The molecule has 0 aliphatic heterocycles. The maximum atomic E-state index is 12.0. The van der Waals surface area contributed by atoms with E-state index in [4.69, 9.17) is 4.74 Å². The van der Waals surface area contributed by atoms with Crippen LogP contribution in [0.5, 0.6) is 11.5 Å². The Labute approximate surface area is 172 Å². The van der Waals surface area contributed by atoms with E-state index in [1.165, 1.54) is 6.08 Å². The second kappa shape index (κ2) is 9.03. The van der Waals surface area contributed by atoms with Crippen molar-refractivity contribution in [2.75, 3.05) is 0 Å². The summed E-state index contributed by atoms with van der Waals surface area (Å²) in [6.45, 7) is 5.76. The predicted octanol–water partition coefficient (Wildman–Crippen LogP) is 5.06. The predicted molar refractivity (Wildman–Crippen MR) is 114 cm³/mol. The molecule has 0 heterocycles. The van der Waals surface area contributed by atoms with Gasteiger partial charge in [-0.15, -0.1) is 0 Å². The summed E-state index contributed by atoms with van der Waals surface area (Å²) in [5.74, 6) is -0.113. The molecule has 0 radical (unpaired) electrons. The second-order valence-corrected chi connectivity index (χ2v) is 8.41. The summed E-state index contributed by atoms with van der Waals surface area (Å²) in [7, 11) is 0. The van der Waals surface area contributed by atoms with E-state index in [-0.39, 0.29) is 23.4 Å². The maximum Gasteiger partial charge on any atom is 0.352 e. The number of rotatable bonds is 6. The summed E-state index contributed by atoms with van der Waals surface area (Å²) in [5.41, 5.74) is 0.274. The van der Waals surface area contributed by atoms with Crippen molar-refractivity contribution in [3.63, 3.8) is 0 Å². The lowest BCUT2D eigenvalue weighted by molar-refractivity contribution is -0.134. The lowest BCUT2D eigenvalue weighted by atomic mass is 9.92. The molecule has 0 aliphatic rings. The number of carboxylic acid groups (broad SMARTS) is 1. The Morgan fingerprint density at radius 2 is 1.74 bits per heavy atom. The molecule has 142 valence electrons. The van der Waals surface area contributed by atoms with Crippen LogP contribution in [-0.4, -0.2) is 17.0 Å². The van der Waals surface area contributed by atoms with E-state index in [0.717, 1.165) is 9.32 Å². The van der Waals surface area contributed by atoms with Crippen molar-refractivity contribution < 1.29 is 19.4 Å². The fourth-order valence-electron chi connectivity index (χ4n) is 2.28. The summed E-state index contributed by atoms with van der Waals surface area (Å²) < 4.78 is 6.82. The standard InChI is InChI=1S/C21H22INO4/c1-21(2,3)13-19(24)23-17(20(25)26)12-14-8-10-15(11-9-14)27-18-7-5-4-6-16(18)22/h4-12H,13H2,1-3H3,(H,23,24)(H,25,26). The molecular formula is C21H22INO4. The molecule has 2 N–H and O–H groups in total. The molecule has 0 aromatic heterocycles. The number of aliphatic carboxylic acids is 1. The fraction of sp³-hybridized carbons (Fsp3) is 0.238. The molecule has 0 saturated heterocycles. The normalized spacial score (nSPS) is 11.8. The molecule has 2 rings (SSSR count). The van der Waals surface area contributed by atoms with Gasteiger partial charge in [0.05, 0.1) is 3.57 Å². The average molecular weight is 479 g/mol. The van der Waals surface area contributed by atoms with E-state index < -0.39 is 5.97 Å². The highest BCUT2D eigenvalue weighted by molar-refractivity contribution is 14.1. The highest BCUT2D eigenvalue weighted by atomic mass is 127. The van der Waals surface area contributed by atoms with Crippen LogP contribution in [0.4, 0.5) is 0 Å². The summed E-state index contributed by atoms with van der Waals surface area (Å²) >= 11 is 2.20. The van der Waals surface area contributed by atoms with Crippen LogP contribution in [0.1, 0.15) is 32.8 Å². The molecule has 1 amide bonds. The Balaban J connectivity index is 2.12. The smallest absolute Gasteiger partial charge is 0.352 e. The molecule has 5 nitrogen and oxygen atoms in total. The van der Waals surface area contributed by atoms with Crippen LogP contribution in [0.2, 0.25) is 0 Å². The summed E-state index contributed by atoms with van der Waals surface area (Å²) in [6, 6.07) is 14.7. The minimum atomic E-state index is -1.18. The fourth-order valence-corrected chi connectivity index (χ4v) is 2.78. The van der Waals surface area contributed by atoms with Crippen molar-refractivity contribution in [2.24, 2.45) is 5.41 Å². The van der Waals surface area contributed by atoms with E-state index in [1.807, 2.05) is 45.0 Å². The number of para-hydroxylation sites is 1. The van der Waals surface area contributed by atoms with Gasteiger partial charge in [-0.25, -0.2) is 4.79 Å². The van der Waals surface area contributed by atoms with Gasteiger partial charge in [-0.1, -0.05) is 45.0 Å². The Hall–Kier alpha value is -2.35. The van der Waals surface area contributed by atoms with Gasteiger partial charge in [-0.3, -0.25) is 4.79 Å². The van der Waals surface area contributed by atoms with Gasteiger partial charge in [0.1, 0.15) is 17.2 Å². The van der Waals surface area contributed by atoms with Gasteiger partial charge in [-0.2, -0.15) is 0 Å². The third kappa shape index (κ3) is 7.05. The molecule has 0 aliphatic carbocycles. The highest BCUT2D eigenvalue weighted by Gasteiger charge is 2.18. The Morgan fingerprint density at radius 1 is 1.11 bits per heavy atom. The third-order valence-electron chi connectivity index (χ3n) is 3.45. The number of hydrogen-bond donors (Lipinski definition) is 2. The Bertz CT molecular complexity index is 851. The minimum absolute atomic E-state index is 0.157. The molecule has 0 atom stereocenters. The second-order valence-electron chi connectivity index (χ2n) is 7.25. The molecule has 0 saturated carbocycles. The zero-order valence-electron chi connectivity index (χ0n) is 15.5. The summed E-state index contributed by atoms with van der Waals surface area (Å²) in [4.78, 5) is 23.5. The highest BCUT2D eigenvalue weighted by Crippen LogP contribution is 2.26. The number of carbonyl (C=O) groups excluding carboxylic acids is 1. The van der Waals surface area contributed by atoms with Gasteiger partial charge in [0.15, 0.2) is 0 Å². The average Bonchev–Trinajstić information content (AvgIpc) is 2.56. The first kappa shape index (κ1) is 21.0. The summed E-state index contributed by atoms with van der Waals surface area (Å²) in [5, 5.41) is 11.8. The molecule has 0 spiro atoms. The molecule has 2 aromatic rings. The number of carboxylic acids is 1. The molecule has 6 heteroatoms. The van der Waals surface area contributed by atoms with Gasteiger partial charge in [0.2, 0.25) is 5.91 Å². The summed E-state index contributed by atoms with van der Waals surface area (Å²) in [6.07, 6.45) is 1.67. The molecule has 2 aromatic carbocycles. The van der Waals surface area contributed by atoms with Crippen molar-refractivity contribution in [2.45, 2.75) is 27.2 Å². The number of amides is 1. The van der Waals surface area contributed by atoms with Crippen LogP contribution in [0, 0.1) is 8.99 Å². The molecule has 0 unspecified atom stereocenters. The topological polar surface area (TPSA) is 75.6 Å². The Kier molecular flexibility index (Phi) is 7.01. The number of carbonyl (C=O) groups is 2. The van der Waals surface area contributed by atoms with E-state index in [1.54, 1.807) is 24.3 Å². The van der Waals surface area contributed by atoms with Crippen LogP contribution >= 0.6 is 22.6 Å². The van der Waals surface area contributed by atoms with E-state index >= 15 is 0 Å². The number of nitrogens with one attached hydrogen (secondary N) is 1. The van der Waals surface area contributed by atoms with Gasteiger partial charge in [0, 0.05) is 6.42 Å². The first-order chi connectivity index (χ1) is 12.6. The lowest BCUT2D eigenvalue weighted by Crippen LogP contribution is -2.30. The Morgan fingerprint density at radius 3 is 2.30 bits per heavy atom. The largest absolute Gasteiger partial charge is 0.477 e. The maximum absolute atomic E-state index is 12.0. The number of benzene rings is 2. The van der Waals surface area contributed by atoms with Crippen molar-refractivity contribution >= 4 is 40.5 Å². The molecular weight excluding hydrogens is 457 g/mol. The number of halogens is 1. The monoisotopic (exact) mass is 479 g/mol. The molecule has 0 bridgehead atoms. The van der Waals surface area contributed by atoms with Crippen LogP contribution in [0.25, 0.3) is 6.08 Å². The van der Waals surface area contributed by atoms with Crippen LogP contribution in [0.3, 0.4) is 0 Å². The first-order valence-corrected chi connectivity index (χ1v) is 9.49. The number of hydrogen-bond acceptors (Lipinski definition) is 3. The molecule has 27 heavy (non-hydrogen) atoms. The quantitative estimate of drug-likeness (QED) is 0.449. The molecule has 0 fully saturated rings. The van der Waals surface area contributed by atoms with Crippen LogP contribution in [0.15, 0.2) is 54.2 Å². The van der Waals surface area contributed by atoms with Gasteiger partial charge >= 0.3 is 5.97 Å². The SMILES string of the molecule is CC(C)(C)CC(=O)NC(=Cc1ccc(Oc2ccccc2I)cc1)C(=O)O.